The van der Waals surface area contributed by atoms with Crippen LogP contribution >= 0.6 is 11.6 Å². The smallest absolute Gasteiger partial charge is 0.293 e. The number of nitrogens with one attached hydrogen (secondary N) is 2. The Morgan fingerprint density at radius 2 is 1.86 bits per heavy atom. The van der Waals surface area contributed by atoms with Crippen LogP contribution in [0.5, 0.6) is 5.75 Å². The van der Waals surface area contributed by atoms with Gasteiger partial charge in [-0.1, -0.05) is 25.4 Å². The molecule has 2 N–H and O–H groups in total. The van der Waals surface area contributed by atoms with Crippen LogP contribution in [0.3, 0.4) is 0 Å². The average Bonchev–Trinajstić information content (AvgIpc) is 2.90. The van der Waals surface area contributed by atoms with Crippen LogP contribution < -0.4 is 25.8 Å². The molecule has 0 radical (unpaired) electrons. The van der Waals surface area contributed by atoms with E-state index in [-0.39, 0.29) is 29.9 Å². The summed E-state index contributed by atoms with van der Waals surface area (Å²) in [7, 11) is 3.62. The van der Waals surface area contributed by atoms with Gasteiger partial charge in [-0.15, -0.1) is 0 Å². The first-order chi connectivity index (χ1) is 17.8. The zero-order valence-corrected chi connectivity index (χ0v) is 23.1. The number of ether oxygens (including phenoxy) is 1. The van der Waals surface area contributed by atoms with Gasteiger partial charge in [-0.25, -0.2) is 4.98 Å². The molecule has 0 atom stereocenters. The molecule has 2 aromatic heterocycles. The third-order valence-corrected chi connectivity index (χ3v) is 6.21. The molecule has 1 amide bonds. The lowest BCUT2D eigenvalue weighted by Crippen LogP contribution is -2.45. The van der Waals surface area contributed by atoms with E-state index in [2.05, 4.69) is 37.4 Å². The summed E-state index contributed by atoms with van der Waals surface area (Å²) in [6.07, 6.45) is 1.60. The van der Waals surface area contributed by atoms with Gasteiger partial charge in [0, 0.05) is 50.3 Å². The SMILES string of the molecule is CC.CNC(=O)COc1cc2cc(Nc3nc(N4CCN(C)CC4)ncc3Cl)ccc2n(C(C)C)c1=O. The molecule has 11 heteroatoms. The van der Waals surface area contributed by atoms with E-state index in [4.69, 9.17) is 16.3 Å². The van der Waals surface area contributed by atoms with Crippen molar-refractivity contribution in [3.63, 3.8) is 0 Å². The van der Waals surface area contributed by atoms with Crippen LogP contribution in [-0.4, -0.2) is 72.2 Å². The monoisotopic (exact) mass is 529 g/mol. The minimum atomic E-state index is -0.314. The fraction of sp³-hybridized carbons (Fsp3) is 0.462. The molecule has 1 aromatic carbocycles. The predicted molar refractivity (Wildman–Crippen MR) is 150 cm³/mol. The lowest BCUT2D eigenvalue weighted by atomic mass is 10.1. The Kier molecular flexibility index (Phi) is 9.71. The average molecular weight is 530 g/mol. The van der Waals surface area contributed by atoms with E-state index in [9.17, 15) is 9.59 Å². The highest BCUT2D eigenvalue weighted by molar-refractivity contribution is 6.32. The number of pyridine rings is 1. The van der Waals surface area contributed by atoms with Gasteiger partial charge in [0.2, 0.25) is 5.95 Å². The second-order valence-corrected chi connectivity index (χ2v) is 9.20. The maximum Gasteiger partial charge on any atom is 0.293 e. The van der Waals surface area contributed by atoms with Crippen molar-refractivity contribution in [3.8, 4) is 5.75 Å². The van der Waals surface area contributed by atoms with Crippen LogP contribution in [0.1, 0.15) is 33.7 Å². The van der Waals surface area contributed by atoms with E-state index in [1.165, 1.54) is 7.05 Å². The van der Waals surface area contributed by atoms with Crippen molar-refractivity contribution in [2.45, 2.75) is 33.7 Å². The Morgan fingerprint density at radius 1 is 1.16 bits per heavy atom. The van der Waals surface area contributed by atoms with Crippen molar-refractivity contribution < 1.29 is 9.53 Å². The molecule has 3 aromatic rings. The number of carbonyl (C=O) groups is 1. The van der Waals surface area contributed by atoms with Gasteiger partial charge in [0.25, 0.3) is 11.5 Å². The van der Waals surface area contributed by atoms with E-state index in [0.29, 0.717) is 16.8 Å². The maximum absolute atomic E-state index is 13.0. The van der Waals surface area contributed by atoms with Crippen LogP contribution in [0.15, 0.2) is 35.3 Å². The molecule has 37 heavy (non-hydrogen) atoms. The first-order valence-electron chi connectivity index (χ1n) is 12.5. The number of amides is 1. The van der Waals surface area contributed by atoms with E-state index < -0.39 is 0 Å². The van der Waals surface area contributed by atoms with Gasteiger partial charge in [0.1, 0.15) is 5.02 Å². The number of benzene rings is 1. The molecule has 4 rings (SSSR count). The van der Waals surface area contributed by atoms with E-state index in [0.717, 1.165) is 42.8 Å². The zero-order valence-electron chi connectivity index (χ0n) is 22.3. The highest BCUT2D eigenvalue weighted by Crippen LogP contribution is 2.28. The summed E-state index contributed by atoms with van der Waals surface area (Å²) in [6.45, 7) is 11.2. The summed E-state index contributed by atoms with van der Waals surface area (Å²) < 4.78 is 7.19. The molecule has 0 unspecified atom stereocenters. The third kappa shape index (κ3) is 6.69. The quantitative estimate of drug-likeness (QED) is 0.477. The van der Waals surface area contributed by atoms with E-state index in [1.54, 1.807) is 16.8 Å². The number of anilines is 3. The lowest BCUT2D eigenvalue weighted by molar-refractivity contribution is -0.122. The summed E-state index contributed by atoms with van der Waals surface area (Å²) in [6, 6.07) is 7.20. The normalized spacial score (nSPS) is 13.8. The highest BCUT2D eigenvalue weighted by atomic mass is 35.5. The minimum absolute atomic E-state index is 0.102. The molecule has 200 valence electrons. The molecule has 1 aliphatic heterocycles. The first-order valence-corrected chi connectivity index (χ1v) is 12.9. The van der Waals surface area contributed by atoms with Crippen LogP contribution in [-0.2, 0) is 4.79 Å². The van der Waals surface area contributed by atoms with Crippen molar-refractivity contribution in [3.05, 3.63) is 45.8 Å². The van der Waals surface area contributed by atoms with Crippen molar-refractivity contribution in [1.29, 1.82) is 0 Å². The number of likely N-dealkylation sites (N-methyl/N-ethyl adjacent to an activating group) is 2. The molecule has 3 heterocycles. The lowest BCUT2D eigenvalue weighted by Gasteiger charge is -2.32. The number of piperazine rings is 1. The zero-order chi connectivity index (χ0) is 27.1. The Hall–Kier alpha value is -3.37. The molecular formula is C26H36ClN7O3. The second-order valence-electron chi connectivity index (χ2n) is 8.79. The van der Waals surface area contributed by atoms with Crippen molar-refractivity contribution in [2.24, 2.45) is 0 Å². The molecule has 0 spiro atoms. The number of fused-ring (bicyclic) bond motifs is 1. The van der Waals surface area contributed by atoms with Gasteiger partial charge in [0.15, 0.2) is 18.2 Å². The molecule has 0 saturated carbocycles. The van der Waals surface area contributed by atoms with Gasteiger partial charge in [-0.3, -0.25) is 9.59 Å². The van der Waals surface area contributed by atoms with Crippen LogP contribution in [0, 0.1) is 0 Å². The maximum atomic E-state index is 13.0. The Labute approximate surface area is 222 Å². The topological polar surface area (TPSA) is 105 Å². The molecule has 0 aliphatic carbocycles. The number of hydrogen-bond acceptors (Lipinski definition) is 8. The summed E-state index contributed by atoms with van der Waals surface area (Å²) in [5.41, 5.74) is 1.22. The molecule has 0 bridgehead atoms. The highest BCUT2D eigenvalue weighted by Gasteiger charge is 2.18. The van der Waals surface area contributed by atoms with Crippen LogP contribution in [0.4, 0.5) is 17.5 Å². The molecular weight excluding hydrogens is 494 g/mol. The minimum Gasteiger partial charge on any atom is -0.478 e. The number of rotatable bonds is 7. The number of aromatic nitrogens is 3. The van der Waals surface area contributed by atoms with Crippen molar-refractivity contribution in [2.75, 3.05) is 57.1 Å². The number of nitrogens with zero attached hydrogens (tertiary/aromatic N) is 5. The van der Waals surface area contributed by atoms with Crippen LogP contribution in [0.2, 0.25) is 5.02 Å². The Bertz CT molecular complexity index is 1290. The molecule has 1 saturated heterocycles. The molecule has 1 fully saturated rings. The largest absolute Gasteiger partial charge is 0.478 e. The van der Waals surface area contributed by atoms with Crippen LogP contribution in [0.25, 0.3) is 10.9 Å². The van der Waals surface area contributed by atoms with Gasteiger partial charge in [0.05, 0.1) is 11.7 Å². The number of halogens is 1. The van der Waals surface area contributed by atoms with Gasteiger partial charge in [-0.05, 0) is 45.2 Å². The predicted octanol–water partition coefficient (Wildman–Crippen LogP) is 3.67. The fourth-order valence-corrected chi connectivity index (χ4v) is 4.11. The Morgan fingerprint density at radius 3 is 2.51 bits per heavy atom. The van der Waals surface area contributed by atoms with Gasteiger partial charge >= 0.3 is 0 Å². The third-order valence-electron chi connectivity index (χ3n) is 5.94. The Balaban J connectivity index is 0.00000186. The second kappa shape index (κ2) is 12.7. The summed E-state index contributed by atoms with van der Waals surface area (Å²) >= 11 is 6.41. The summed E-state index contributed by atoms with van der Waals surface area (Å²) in [5, 5.41) is 6.96. The summed E-state index contributed by atoms with van der Waals surface area (Å²) in [4.78, 5) is 38.1. The standard InChI is InChI=1S/C24H30ClN7O3.C2H6/c1-15(2)32-19-6-5-17(11-16(19)12-20(23(32)34)35-14-21(33)26-3)28-22-18(25)13-27-24(29-22)31-9-7-30(4)8-10-31;1-2/h5-6,11-13,15H,7-10,14H2,1-4H3,(H,26,33)(H,27,28,29);1-2H3. The van der Waals surface area contributed by atoms with Crippen molar-refractivity contribution in [1.82, 2.24) is 24.8 Å². The molecule has 10 nitrogen and oxygen atoms in total. The van der Waals surface area contributed by atoms with E-state index >= 15 is 0 Å². The van der Waals surface area contributed by atoms with E-state index in [1.807, 2.05) is 45.9 Å². The fourth-order valence-electron chi connectivity index (χ4n) is 3.97. The van der Waals surface area contributed by atoms with Gasteiger partial charge < -0.3 is 29.7 Å². The van der Waals surface area contributed by atoms with Crippen molar-refractivity contribution >= 4 is 45.9 Å². The van der Waals surface area contributed by atoms with Gasteiger partial charge in [-0.2, -0.15) is 4.98 Å². The summed E-state index contributed by atoms with van der Waals surface area (Å²) in [5.74, 6) is 0.933. The number of carbonyl (C=O) groups excluding carboxylic acids is 1. The first kappa shape index (κ1) is 28.2. The molecule has 1 aliphatic rings. The number of hydrogen-bond donors (Lipinski definition) is 2.